The number of thiophene rings is 1. The molecular weight excluding hydrogens is 228 g/mol. The minimum Gasteiger partial charge on any atom is -0.319 e. The molecule has 2 nitrogen and oxygen atoms in total. The summed E-state index contributed by atoms with van der Waals surface area (Å²) in [6, 6.07) is 8.68. The fourth-order valence-corrected chi connectivity index (χ4v) is 2.69. The maximum Gasteiger partial charge on any atom is 0.0662 e. The van der Waals surface area contributed by atoms with Crippen LogP contribution in [-0.2, 0) is 5.54 Å². The van der Waals surface area contributed by atoms with Crippen molar-refractivity contribution in [2.45, 2.75) is 5.54 Å². The highest BCUT2D eigenvalue weighted by Gasteiger charge is 2.34. The Kier molecular flexibility index (Phi) is 2.73. The summed E-state index contributed by atoms with van der Waals surface area (Å²) in [4.78, 5) is 0. The van der Waals surface area contributed by atoms with E-state index >= 15 is 0 Å². The van der Waals surface area contributed by atoms with Crippen LogP contribution in [0, 0.1) is 0 Å². The second-order valence-corrected chi connectivity index (χ2v) is 4.88. The van der Waals surface area contributed by atoms with E-state index in [9.17, 15) is 0 Å². The minimum atomic E-state index is -0.127. The van der Waals surface area contributed by atoms with E-state index in [-0.39, 0.29) is 17.9 Å². The van der Waals surface area contributed by atoms with Gasteiger partial charge in [0.25, 0.3) is 0 Å². The molecule has 0 amide bonds. The number of hydrogen-bond donors (Lipinski definition) is 2. The molecule has 4 heteroatoms. The monoisotopic (exact) mass is 240 g/mol. The summed E-state index contributed by atoms with van der Waals surface area (Å²) in [6.07, 6.45) is 0. The van der Waals surface area contributed by atoms with Crippen LogP contribution in [0.1, 0.15) is 5.56 Å². The molecule has 80 valence electrons. The van der Waals surface area contributed by atoms with Gasteiger partial charge in [-0.2, -0.15) is 0 Å². The van der Waals surface area contributed by atoms with Crippen molar-refractivity contribution in [3.8, 4) is 0 Å². The van der Waals surface area contributed by atoms with E-state index in [1.807, 2.05) is 0 Å². The SMILES string of the molecule is Cl.NC1(c2ccc3ccsc3c2)CNC1. The van der Waals surface area contributed by atoms with Crippen LogP contribution in [0.4, 0.5) is 0 Å². The van der Waals surface area contributed by atoms with Gasteiger partial charge in [-0.15, -0.1) is 23.7 Å². The Hall–Kier alpha value is -0.610. The Balaban J connectivity index is 0.000000853. The minimum absolute atomic E-state index is 0. The Bertz CT molecular complexity index is 476. The smallest absolute Gasteiger partial charge is 0.0662 e. The molecule has 1 aliphatic heterocycles. The standard InChI is InChI=1S/C11H12N2S.ClH/c12-11(6-13-7-11)9-2-1-8-3-4-14-10(8)5-9;/h1-5,13H,6-7,12H2;1H. The van der Waals surface area contributed by atoms with Crippen LogP contribution in [0.3, 0.4) is 0 Å². The Morgan fingerprint density at radius 1 is 1.27 bits per heavy atom. The van der Waals surface area contributed by atoms with Gasteiger partial charge in [-0.25, -0.2) is 0 Å². The molecule has 0 spiro atoms. The number of halogens is 1. The zero-order valence-corrected chi connectivity index (χ0v) is 9.83. The Morgan fingerprint density at radius 2 is 2.07 bits per heavy atom. The summed E-state index contributed by atoms with van der Waals surface area (Å²) >= 11 is 1.78. The van der Waals surface area contributed by atoms with Gasteiger partial charge in [0.1, 0.15) is 0 Å². The molecule has 1 aromatic carbocycles. The molecule has 0 aliphatic carbocycles. The Labute approximate surface area is 98.9 Å². The first-order chi connectivity index (χ1) is 6.78. The van der Waals surface area contributed by atoms with Gasteiger partial charge in [0.15, 0.2) is 0 Å². The quantitative estimate of drug-likeness (QED) is 0.801. The van der Waals surface area contributed by atoms with Gasteiger partial charge in [0.2, 0.25) is 0 Å². The van der Waals surface area contributed by atoms with Gasteiger partial charge in [-0.3, -0.25) is 0 Å². The van der Waals surface area contributed by atoms with E-state index in [0.717, 1.165) is 13.1 Å². The van der Waals surface area contributed by atoms with E-state index in [1.165, 1.54) is 15.6 Å². The van der Waals surface area contributed by atoms with Crippen molar-refractivity contribution in [2.75, 3.05) is 13.1 Å². The normalized spacial score (nSPS) is 18.2. The summed E-state index contributed by atoms with van der Waals surface area (Å²) in [6.45, 7) is 1.79. The first kappa shape index (κ1) is 10.9. The summed E-state index contributed by atoms with van der Waals surface area (Å²) < 4.78 is 1.33. The molecule has 1 saturated heterocycles. The molecule has 0 atom stereocenters. The summed E-state index contributed by atoms with van der Waals surface area (Å²) in [5.41, 5.74) is 7.35. The van der Waals surface area contributed by atoms with Crippen LogP contribution in [0.25, 0.3) is 10.1 Å². The topological polar surface area (TPSA) is 38.0 Å². The van der Waals surface area contributed by atoms with Crippen LogP contribution >= 0.6 is 23.7 Å². The molecule has 0 unspecified atom stereocenters. The van der Waals surface area contributed by atoms with Gasteiger partial charge in [-0.1, -0.05) is 12.1 Å². The predicted molar refractivity (Wildman–Crippen MR) is 67.8 cm³/mol. The van der Waals surface area contributed by atoms with Gasteiger partial charge >= 0.3 is 0 Å². The average Bonchev–Trinajstić information content (AvgIpc) is 2.60. The largest absolute Gasteiger partial charge is 0.319 e. The van der Waals surface area contributed by atoms with Crippen LogP contribution in [0.2, 0.25) is 0 Å². The molecule has 2 aromatic rings. The number of rotatable bonds is 1. The molecule has 3 N–H and O–H groups in total. The van der Waals surface area contributed by atoms with Crippen LogP contribution in [0.15, 0.2) is 29.6 Å². The third-order valence-electron chi connectivity index (χ3n) is 2.91. The highest BCUT2D eigenvalue weighted by Crippen LogP contribution is 2.28. The lowest BCUT2D eigenvalue weighted by atomic mass is 9.85. The summed E-state index contributed by atoms with van der Waals surface area (Å²) in [7, 11) is 0. The zero-order chi connectivity index (χ0) is 9.60. The summed E-state index contributed by atoms with van der Waals surface area (Å²) in [5.74, 6) is 0. The third-order valence-corrected chi connectivity index (χ3v) is 3.79. The molecule has 15 heavy (non-hydrogen) atoms. The molecule has 0 radical (unpaired) electrons. The molecule has 1 aromatic heterocycles. The van der Waals surface area contributed by atoms with Crippen molar-refractivity contribution in [3.63, 3.8) is 0 Å². The van der Waals surface area contributed by atoms with Gasteiger partial charge < -0.3 is 11.1 Å². The molecule has 1 aliphatic rings. The van der Waals surface area contributed by atoms with E-state index < -0.39 is 0 Å². The second kappa shape index (κ2) is 3.76. The summed E-state index contributed by atoms with van der Waals surface area (Å²) in [5, 5.41) is 6.66. The van der Waals surface area contributed by atoms with Crippen molar-refractivity contribution in [2.24, 2.45) is 5.73 Å². The maximum atomic E-state index is 6.23. The number of nitrogens with two attached hydrogens (primary N) is 1. The van der Waals surface area contributed by atoms with Crippen molar-refractivity contribution in [3.05, 3.63) is 35.2 Å². The predicted octanol–water partition coefficient (Wildman–Crippen LogP) is 2.08. The fourth-order valence-electron chi connectivity index (χ4n) is 1.86. The first-order valence-corrected chi connectivity index (χ1v) is 5.63. The fraction of sp³-hybridized carbons (Fsp3) is 0.273. The lowest BCUT2D eigenvalue weighted by Crippen LogP contribution is -2.62. The van der Waals surface area contributed by atoms with Gasteiger partial charge in [-0.05, 0) is 28.5 Å². The van der Waals surface area contributed by atoms with E-state index in [1.54, 1.807) is 11.3 Å². The van der Waals surface area contributed by atoms with Crippen LogP contribution in [0.5, 0.6) is 0 Å². The van der Waals surface area contributed by atoms with Gasteiger partial charge in [0, 0.05) is 17.8 Å². The second-order valence-electron chi connectivity index (χ2n) is 3.93. The molecule has 0 bridgehead atoms. The van der Waals surface area contributed by atoms with E-state index in [2.05, 4.69) is 35.0 Å². The number of nitrogens with one attached hydrogen (secondary N) is 1. The lowest BCUT2D eigenvalue weighted by Gasteiger charge is -2.39. The lowest BCUT2D eigenvalue weighted by molar-refractivity contribution is 0.287. The highest BCUT2D eigenvalue weighted by molar-refractivity contribution is 7.17. The molecule has 3 rings (SSSR count). The van der Waals surface area contributed by atoms with Crippen molar-refractivity contribution in [1.82, 2.24) is 5.32 Å². The maximum absolute atomic E-state index is 6.23. The zero-order valence-electron chi connectivity index (χ0n) is 8.19. The van der Waals surface area contributed by atoms with Crippen molar-refractivity contribution in [1.29, 1.82) is 0 Å². The first-order valence-electron chi connectivity index (χ1n) is 4.75. The Morgan fingerprint density at radius 3 is 2.73 bits per heavy atom. The van der Waals surface area contributed by atoms with Crippen LogP contribution in [-0.4, -0.2) is 13.1 Å². The van der Waals surface area contributed by atoms with Gasteiger partial charge in [0.05, 0.1) is 5.54 Å². The van der Waals surface area contributed by atoms with E-state index in [4.69, 9.17) is 5.73 Å². The number of benzene rings is 1. The number of fused-ring (bicyclic) bond motifs is 1. The highest BCUT2D eigenvalue weighted by atomic mass is 35.5. The van der Waals surface area contributed by atoms with Crippen molar-refractivity contribution < 1.29 is 0 Å². The number of hydrogen-bond acceptors (Lipinski definition) is 3. The molecule has 2 heterocycles. The van der Waals surface area contributed by atoms with E-state index in [0.29, 0.717) is 0 Å². The average molecular weight is 241 g/mol. The molecule has 1 fully saturated rings. The molecular formula is C11H13ClN2S. The third kappa shape index (κ3) is 1.66. The van der Waals surface area contributed by atoms with Crippen molar-refractivity contribution >= 4 is 33.8 Å². The molecule has 0 saturated carbocycles. The van der Waals surface area contributed by atoms with Crippen LogP contribution < -0.4 is 11.1 Å².